The smallest absolute Gasteiger partial charge is 0.248 e. The lowest BCUT2D eigenvalue weighted by Gasteiger charge is -2.22. The van der Waals surface area contributed by atoms with Crippen LogP contribution >= 0.6 is 0 Å². The van der Waals surface area contributed by atoms with E-state index < -0.39 is 0 Å². The van der Waals surface area contributed by atoms with E-state index in [1.807, 2.05) is 65.6 Å². The predicted octanol–water partition coefficient (Wildman–Crippen LogP) is 3.45. The second-order valence-electron chi connectivity index (χ2n) is 5.17. The van der Waals surface area contributed by atoms with Crippen molar-refractivity contribution in [1.29, 1.82) is 0 Å². The first-order valence-electron chi connectivity index (χ1n) is 7.42. The number of nitrogens with zero attached hydrogens (tertiary/aromatic N) is 2. The Morgan fingerprint density at radius 1 is 1.09 bits per heavy atom. The van der Waals surface area contributed by atoms with E-state index in [1.165, 1.54) is 0 Å². The standard InChI is InChI=1S/C19H18N2O/c1-2-3-13-21-17-12-8-7-11-16(17)19(20-14-18(21)22)15-9-5-4-6-10-15/h2,4-12H,1,3,13-14H2. The molecule has 3 nitrogen and oxygen atoms in total. The summed E-state index contributed by atoms with van der Waals surface area (Å²) in [5, 5.41) is 0. The summed E-state index contributed by atoms with van der Waals surface area (Å²) in [4.78, 5) is 18.8. The number of carbonyl (C=O) groups is 1. The number of aliphatic imine (C=N–C) groups is 1. The van der Waals surface area contributed by atoms with Crippen molar-refractivity contribution in [2.45, 2.75) is 6.42 Å². The molecule has 0 saturated heterocycles. The predicted molar refractivity (Wildman–Crippen MR) is 90.6 cm³/mol. The molecule has 0 unspecified atom stereocenters. The van der Waals surface area contributed by atoms with Crippen LogP contribution in [0.5, 0.6) is 0 Å². The van der Waals surface area contributed by atoms with Crippen LogP contribution in [-0.2, 0) is 4.79 Å². The molecule has 0 spiro atoms. The van der Waals surface area contributed by atoms with Gasteiger partial charge in [-0.3, -0.25) is 9.79 Å². The van der Waals surface area contributed by atoms with E-state index in [0.717, 1.165) is 28.9 Å². The molecule has 110 valence electrons. The van der Waals surface area contributed by atoms with Gasteiger partial charge in [0.25, 0.3) is 0 Å². The van der Waals surface area contributed by atoms with Gasteiger partial charge in [-0.25, -0.2) is 0 Å². The fourth-order valence-electron chi connectivity index (χ4n) is 2.67. The van der Waals surface area contributed by atoms with Gasteiger partial charge in [-0.1, -0.05) is 54.6 Å². The van der Waals surface area contributed by atoms with Crippen molar-refractivity contribution in [3.8, 4) is 0 Å². The number of anilines is 1. The highest BCUT2D eigenvalue weighted by Gasteiger charge is 2.23. The molecule has 3 rings (SSSR count). The summed E-state index contributed by atoms with van der Waals surface area (Å²) in [5.41, 5.74) is 3.84. The largest absolute Gasteiger partial charge is 0.310 e. The summed E-state index contributed by atoms with van der Waals surface area (Å²) >= 11 is 0. The summed E-state index contributed by atoms with van der Waals surface area (Å²) in [6.45, 7) is 4.56. The highest BCUT2D eigenvalue weighted by molar-refractivity contribution is 6.19. The zero-order valence-corrected chi connectivity index (χ0v) is 12.4. The number of fused-ring (bicyclic) bond motifs is 1. The lowest BCUT2D eigenvalue weighted by atomic mass is 10.0. The van der Waals surface area contributed by atoms with Crippen molar-refractivity contribution in [2.24, 2.45) is 4.99 Å². The minimum atomic E-state index is 0.0280. The van der Waals surface area contributed by atoms with Crippen molar-refractivity contribution < 1.29 is 4.79 Å². The van der Waals surface area contributed by atoms with Crippen molar-refractivity contribution in [3.05, 3.63) is 78.4 Å². The van der Waals surface area contributed by atoms with Crippen molar-refractivity contribution in [1.82, 2.24) is 0 Å². The molecule has 2 aromatic rings. The Morgan fingerprint density at radius 2 is 1.82 bits per heavy atom. The molecule has 22 heavy (non-hydrogen) atoms. The lowest BCUT2D eigenvalue weighted by Crippen LogP contribution is -2.33. The first-order valence-corrected chi connectivity index (χ1v) is 7.42. The Bertz CT molecular complexity index is 719. The molecule has 0 fully saturated rings. The molecule has 1 heterocycles. The van der Waals surface area contributed by atoms with E-state index in [4.69, 9.17) is 0 Å². The monoisotopic (exact) mass is 290 g/mol. The maximum atomic E-state index is 12.4. The minimum Gasteiger partial charge on any atom is -0.310 e. The van der Waals surface area contributed by atoms with Crippen LogP contribution < -0.4 is 4.90 Å². The molecule has 3 heteroatoms. The Morgan fingerprint density at radius 3 is 2.59 bits per heavy atom. The molecule has 0 atom stereocenters. The Labute approximate surface area is 130 Å². The normalized spacial score (nSPS) is 14.1. The molecule has 0 aliphatic carbocycles. The van der Waals surface area contributed by atoms with Gasteiger partial charge in [0.15, 0.2) is 0 Å². The minimum absolute atomic E-state index is 0.0280. The Balaban J connectivity index is 2.10. The Kier molecular flexibility index (Phi) is 4.15. The third-order valence-electron chi connectivity index (χ3n) is 3.73. The highest BCUT2D eigenvalue weighted by Crippen LogP contribution is 2.26. The van der Waals surface area contributed by atoms with E-state index in [-0.39, 0.29) is 12.5 Å². The van der Waals surface area contributed by atoms with Gasteiger partial charge in [0.1, 0.15) is 6.54 Å². The molecule has 2 aromatic carbocycles. The topological polar surface area (TPSA) is 32.7 Å². The molecule has 0 radical (unpaired) electrons. The van der Waals surface area contributed by atoms with Crippen molar-refractivity contribution in [2.75, 3.05) is 18.0 Å². The molecule has 1 aliphatic heterocycles. The van der Waals surface area contributed by atoms with E-state index >= 15 is 0 Å². The third kappa shape index (κ3) is 2.70. The van der Waals surface area contributed by atoms with Crippen LogP contribution in [0.1, 0.15) is 17.5 Å². The second-order valence-corrected chi connectivity index (χ2v) is 5.17. The first-order chi connectivity index (χ1) is 10.8. The maximum Gasteiger partial charge on any atom is 0.248 e. The molecule has 1 aliphatic rings. The van der Waals surface area contributed by atoms with Crippen LogP contribution in [0.4, 0.5) is 5.69 Å². The van der Waals surface area contributed by atoms with Crippen LogP contribution in [0.15, 0.2) is 72.2 Å². The van der Waals surface area contributed by atoms with Gasteiger partial charge in [0, 0.05) is 17.7 Å². The van der Waals surface area contributed by atoms with Crippen molar-refractivity contribution in [3.63, 3.8) is 0 Å². The number of carbonyl (C=O) groups excluding carboxylic acids is 1. The second kappa shape index (κ2) is 6.39. The van der Waals surface area contributed by atoms with Crippen LogP contribution in [-0.4, -0.2) is 24.7 Å². The van der Waals surface area contributed by atoms with E-state index in [1.54, 1.807) is 0 Å². The van der Waals surface area contributed by atoms with Gasteiger partial charge in [-0.05, 0) is 12.5 Å². The fourth-order valence-corrected chi connectivity index (χ4v) is 2.67. The number of hydrogen-bond donors (Lipinski definition) is 0. The fraction of sp³-hybridized carbons (Fsp3) is 0.158. The van der Waals surface area contributed by atoms with E-state index in [0.29, 0.717) is 6.54 Å². The van der Waals surface area contributed by atoms with Gasteiger partial charge in [-0.2, -0.15) is 0 Å². The molecular formula is C19H18N2O. The third-order valence-corrected chi connectivity index (χ3v) is 3.73. The molecule has 0 N–H and O–H groups in total. The summed E-state index contributed by atoms with van der Waals surface area (Å²) in [6.07, 6.45) is 2.60. The average Bonchev–Trinajstić information content (AvgIpc) is 2.70. The number of hydrogen-bond acceptors (Lipinski definition) is 2. The van der Waals surface area contributed by atoms with Gasteiger partial charge >= 0.3 is 0 Å². The van der Waals surface area contributed by atoms with Gasteiger partial charge < -0.3 is 4.90 Å². The lowest BCUT2D eigenvalue weighted by molar-refractivity contribution is -0.117. The molecule has 0 aromatic heterocycles. The SMILES string of the molecule is C=CCCN1C(=O)CN=C(c2ccccc2)c2ccccc21. The van der Waals surface area contributed by atoms with Gasteiger partial charge in [0.05, 0.1) is 11.4 Å². The van der Waals surface area contributed by atoms with Gasteiger partial charge in [0.2, 0.25) is 5.91 Å². The number of para-hydroxylation sites is 1. The summed E-state index contributed by atoms with van der Waals surface area (Å²) in [5.74, 6) is 0.0280. The maximum absolute atomic E-state index is 12.4. The molecule has 1 amide bonds. The summed E-state index contributed by atoms with van der Waals surface area (Å²) in [6, 6.07) is 18.0. The van der Waals surface area contributed by atoms with Crippen LogP contribution in [0.3, 0.4) is 0 Å². The number of benzene rings is 2. The average molecular weight is 290 g/mol. The zero-order valence-electron chi connectivity index (χ0n) is 12.4. The molecular weight excluding hydrogens is 272 g/mol. The van der Waals surface area contributed by atoms with Gasteiger partial charge in [-0.15, -0.1) is 6.58 Å². The van der Waals surface area contributed by atoms with Crippen LogP contribution in [0, 0.1) is 0 Å². The number of amides is 1. The Hall–Kier alpha value is -2.68. The van der Waals surface area contributed by atoms with Crippen molar-refractivity contribution >= 4 is 17.3 Å². The zero-order chi connectivity index (χ0) is 15.4. The summed E-state index contributed by atoms with van der Waals surface area (Å²) < 4.78 is 0. The number of benzodiazepines with no additional fused rings is 1. The van der Waals surface area contributed by atoms with Crippen LogP contribution in [0.2, 0.25) is 0 Å². The number of rotatable bonds is 4. The highest BCUT2D eigenvalue weighted by atomic mass is 16.2. The summed E-state index contributed by atoms with van der Waals surface area (Å²) in [7, 11) is 0. The quantitative estimate of drug-likeness (QED) is 0.794. The van der Waals surface area contributed by atoms with Crippen LogP contribution in [0.25, 0.3) is 0 Å². The van der Waals surface area contributed by atoms with E-state index in [2.05, 4.69) is 11.6 Å². The molecule has 0 bridgehead atoms. The first kappa shape index (κ1) is 14.3. The molecule has 0 saturated carbocycles. The van der Waals surface area contributed by atoms with E-state index in [9.17, 15) is 4.79 Å².